The van der Waals surface area contributed by atoms with E-state index in [0.717, 1.165) is 50.9 Å². The van der Waals surface area contributed by atoms with Gasteiger partial charge in [-0.1, -0.05) is 42.5 Å². The Morgan fingerprint density at radius 1 is 0.906 bits per heavy atom. The summed E-state index contributed by atoms with van der Waals surface area (Å²) in [4.78, 5) is 15.7. The summed E-state index contributed by atoms with van der Waals surface area (Å²) in [5.74, 6) is -0.245. The van der Waals surface area contributed by atoms with Crippen molar-refractivity contribution in [3.63, 3.8) is 0 Å². The van der Waals surface area contributed by atoms with E-state index in [0.29, 0.717) is 5.75 Å². The molecule has 0 atom stereocenters. The van der Waals surface area contributed by atoms with E-state index in [1.165, 1.54) is 17.1 Å². The molecule has 0 spiro atoms. The van der Waals surface area contributed by atoms with E-state index in [1.54, 1.807) is 0 Å². The second-order valence-electron chi connectivity index (χ2n) is 8.06. The maximum atomic E-state index is 10.9. The van der Waals surface area contributed by atoms with Gasteiger partial charge in [0.15, 0.2) is 6.61 Å². The lowest BCUT2D eigenvalue weighted by atomic mass is 10.00. The minimum atomic E-state index is -0.948. The number of carboxylic acids is 1. The van der Waals surface area contributed by atoms with E-state index in [2.05, 4.69) is 76.5 Å². The zero-order chi connectivity index (χ0) is 22.2. The first-order chi connectivity index (χ1) is 15.7. The topological polar surface area (TPSA) is 53.0 Å². The van der Waals surface area contributed by atoms with Crippen LogP contribution < -0.4 is 14.5 Å². The number of para-hydroxylation sites is 2. The van der Waals surface area contributed by atoms with Crippen molar-refractivity contribution in [2.45, 2.75) is 25.7 Å². The highest BCUT2D eigenvalue weighted by atomic mass is 16.5. The lowest BCUT2D eigenvalue weighted by Crippen LogP contribution is -2.31. The molecule has 0 unspecified atom stereocenters. The highest BCUT2D eigenvalue weighted by Crippen LogP contribution is 2.34. The Hall–Kier alpha value is -3.47. The van der Waals surface area contributed by atoms with Gasteiger partial charge in [0.2, 0.25) is 0 Å². The van der Waals surface area contributed by atoms with Crippen LogP contribution in [0, 0.1) is 0 Å². The number of fused-ring (bicyclic) bond motifs is 1. The Morgan fingerprint density at radius 3 is 2.25 bits per heavy atom. The third-order valence-electron chi connectivity index (χ3n) is 5.85. The summed E-state index contributed by atoms with van der Waals surface area (Å²) >= 11 is 0. The molecule has 0 amide bonds. The van der Waals surface area contributed by atoms with Crippen LogP contribution in [0.2, 0.25) is 0 Å². The van der Waals surface area contributed by atoms with Crippen LogP contribution in [0.1, 0.15) is 24.8 Å². The Kier molecular flexibility index (Phi) is 7.28. The van der Waals surface area contributed by atoms with Crippen molar-refractivity contribution >= 4 is 23.0 Å². The standard InChI is InChI=1S/C27H30N2O3/c30-27(31)21-32-26-17-9-16-25-24(26)15-10-19-28(25)18-7-8-20-29(22-11-3-1-4-12-22)23-13-5-2-6-14-23/h1-6,9,11-14,16-17H,7-8,10,15,18-21H2,(H,30,31). The Labute approximate surface area is 189 Å². The second-order valence-corrected chi connectivity index (χ2v) is 8.06. The Morgan fingerprint density at radius 2 is 1.59 bits per heavy atom. The van der Waals surface area contributed by atoms with E-state index in [-0.39, 0.29) is 6.61 Å². The van der Waals surface area contributed by atoms with E-state index in [9.17, 15) is 4.79 Å². The molecule has 0 saturated carbocycles. The summed E-state index contributed by atoms with van der Waals surface area (Å²) in [6.45, 7) is 2.66. The summed E-state index contributed by atoms with van der Waals surface area (Å²) in [6, 6.07) is 27.0. The number of rotatable bonds is 10. The molecule has 1 aliphatic heterocycles. The number of hydrogen-bond acceptors (Lipinski definition) is 4. The van der Waals surface area contributed by atoms with E-state index in [1.807, 2.05) is 12.1 Å². The molecule has 5 nitrogen and oxygen atoms in total. The van der Waals surface area contributed by atoms with Crippen molar-refractivity contribution in [1.29, 1.82) is 0 Å². The monoisotopic (exact) mass is 430 g/mol. The maximum absolute atomic E-state index is 10.9. The molecule has 1 aliphatic rings. The van der Waals surface area contributed by atoms with Crippen LogP contribution >= 0.6 is 0 Å². The van der Waals surface area contributed by atoms with Gasteiger partial charge >= 0.3 is 5.97 Å². The number of hydrogen-bond donors (Lipinski definition) is 1. The summed E-state index contributed by atoms with van der Waals surface area (Å²) in [5, 5.41) is 8.94. The summed E-state index contributed by atoms with van der Waals surface area (Å²) in [7, 11) is 0. The number of carbonyl (C=O) groups is 1. The van der Waals surface area contributed by atoms with Gasteiger partial charge in [-0.2, -0.15) is 0 Å². The fourth-order valence-corrected chi connectivity index (χ4v) is 4.37. The van der Waals surface area contributed by atoms with E-state index in [4.69, 9.17) is 9.84 Å². The second kappa shape index (κ2) is 10.7. The number of nitrogens with zero attached hydrogens (tertiary/aromatic N) is 2. The van der Waals surface area contributed by atoms with Crippen molar-refractivity contribution in [3.8, 4) is 5.75 Å². The van der Waals surface area contributed by atoms with Gasteiger partial charge < -0.3 is 19.6 Å². The molecule has 4 rings (SSSR count). The van der Waals surface area contributed by atoms with E-state index < -0.39 is 5.97 Å². The number of anilines is 3. The minimum absolute atomic E-state index is 0.300. The minimum Gasteiger partial charge on any atom is -0.482 e. The van der Waals surface area contributed by atoms with Gasteiger partial charge in [-0.05, 0) is 62.1 Å². The van der Waals surface area contributed by atoms with Crippen LogP contribution in [0.25, 0.3) is 0 Å². The number of carboxylic acid groups (broad SMARTS) is 1. The van der Waals surface area contributed by atoms with Crippen molar-refractivity contribution < 1.29 is 14.6 Å². The molecule has 32 heavy (non-hydrogen) atoms. The summed E-state index contributed by atoms with van der Waals surface area (Å²) in [6.07, 6.45) is 4.14. The van der Waals surface area contributed by atoms with Gasteiger partial charge in [0.1, 0.15) is 5.75 Å². The first-order valence-corrected chi connectivity index (χ1v) is 11.3. The molecule has 1 N–H and O–H groups in total. The van der Waals surface area contributed by atoms with Crippen LogP contribution in [-0.4, -0.2) is 37.3 Å². The molecule has 0 bridgehead atoms. The van der Waals surface area contributed by atoms with Crippen LogP contribution in [0.15, 0.2) is 78.9 Å². The first kappa shape index (κ1) is 21.8. The van der Waals surface area contributed by atoms with Gasteiger partial charge in [-0.3, -0.25) is 0 Å². The molecule has 0 saturated heterocycles. The molecule has 3 aromatic carbocycles. The first-order valence-electron chi connectivity index (χ1n) is 11.3. The third-order valence-corrected chi connectivity index (χ3v) is 5.85. The molecule has 0 radical (unpaired) electrons. The van der Waals surface area contributed by atoms with Gasteiger partial charge in [-0.15, -0.1) is 0 Å². The largest absolute Gasteiger partial charge is 0.482 e. The molecule has 3 aromatic rings. The normalized spacial score (nSPS) is 12.8. The highest BCUT2D eigenvalue weighted by molar-refractivity contribution is 5.69. The quantitative estimate of drug-likeness (QED) is 0.429. The smallest absolute Gasteiger partial charge is 0.341 e. The van der Waals surface area contributed by atoms with Crippen molar-refractivity contribution in [3.05, 3.63) is 84.4 Å². The Balaban J connectivity index is 1.38. The number of benzene rings is 3. The van der Waals surface area contributed by atoms with Crippen molar-refractivity contribution in [2.24, 2.45) is 0 Å². The van der Waals surface area contributed by atoms with E-state index >= 15 is 0 Å². The predicted octanol–water partition coefficient (Wildman–Crippen LogP) is 5.52. The van der Waals surface area contributed by atoms with Crippen molar-refractivity contribution in [1.82, 2.24) is 0 Å². The van der Waals surface area contributed by atoms with Gasteiger partial charge in [0.25, 0.3) is 0 Å². The molecule has 0 aromatic heterocycles. The average Bonchev–Trinajstić information content (AvgIpc) is 2.84. The van der Waals surface area contributed by atoms with Crippen molar-refractivity contribution in [2.75, 3.05) is 36.0 Å². The highest BCUT2D eigenvalue weighted by Gasteiger charge is 2.20. The van der Waals surface area contributed by atoms with Crippen LogP contribution in [0.4, 0.5) is 17.1 Å². The lowest BCUT2D eigenvalue weighted by molar-refractivity contribution is -0.139. The van der Waals surface area contributed by atoms with Crippen LogP contribution in [0.5, 0.6) is 5.75 Å². The molecule has 1 heterocycles. The van der Waals surface area contributed by atoms with Gasteiger partial charge in [-0.25, -0.2) is 4.79 Å². The zero-order valence-corrected chi connectivity index (χ0v) is 18.3. The summed E-state index contributed by atoms with van der Waals surface area (Å²) < 4.78 is 5.54. The molecule has 0 aliphatic carbocycles. The summed E-state index contributed by atoms with van der Waals surface area (Å²) in [5.41, 5.74) is 4.74. The molecular formula is C27H30N2O3. The van der Waals surface area contributed by atoms with Crippen LogP contribution in [-0.2, 0) is 11.2 Å². The molecule has 166 valence electrons. The number of aliphatic carboxylic acids is 1. The average molecular weight is 431 g/mol. The van der Waals surface area contributed by atoms with Crippen LogP contribution in [0.3, 0.4) is 0 Å². The Bertz CT molecular complexity index is 968. The maximum Gasteiger partial charge on any atom is 0.341 e. The van der Waals surface area contributed by atoms with Gasteiger partial charge in [0.05, 0.1) is 0 Å². The molecule has 5 heteroatoms. The lowest BCUT2D eigenvalue weighted by Gasteiger charge is -2.32. The third kappa shape index (κ3) is 5.41. The van der Waals surface area contributed by atoms with Gasteiger partial charge in [0, 0.05) is 42.3 Å². The predicted molar refractivity (Wildman–Crippen MR) is 129 cm³/mol. The fraction of sp³-hybridized carbons (Fsp3) is 0.296. The molecular weight excluding hydrogens is 400 g/mol. The SMILES string of the molecule is O=C(O)COc1cccc2c1CCCN2CCCCN(c1ccccc1)c1ccccc1. The number of unbranched alkanes of at least 4 members (excludes halogenated alkanes) is 1. The molecule has 0 fully saturated rings. The zero-order valence-electron chi connectivity index (χ0n) is 18.3. The number of ether oxygens (including phenoxy) is 1. The fourth-order valence-electron chi connectivity index (χ4n) is 4.37.